The van der Waals surface area contributed by atoms with E-state index in [4.69, 9.17) is 0 Å². The predicted molar refractivity (Wildman–Crippen MR) is 67.1 cm³/mol. The summed E-state index contributed by atoms with van der Waals surface area (Å²) in [6, 6.07) is 5.70. The number of likely N-dealkylation sites (N-methyl/N-ethyl adjacent to an activating group) is 1. The summed E-state index contributed by atoms with van der Waals surface area (Å²) in [6.45, 7) is -3.24. The van der Waals surface area contributed by atoms with Crippen LogP contribution in [0, 0.1) is 0 Å². The van der Waals surface area contributed by atoms with Crippen LogP contribution in [0.4, 0.5) is 8.78 Å². The highest BCUT2D eigenvalue weighted by Crippen LogP contribution is 2.15. The van der Waals surface area contributed by atoms with Gasteiger partial charge in [0.05, 0.1) is 0 Å². The van der Waals surface area contributed by atoms with E-state index in [1.165, 1.54) is 37.4 Å². The third kappa shape index (κ3) is 5.94. The minimum atomic E-state index is -2.88. The number of carbonyl (C=O) groups excluding carboxylic acids is 2. The molecule has 0 saturated carbocycles. The summed E-state index contributed by atoms with van der Waals surface area (Å²) in [5.41, 5.74) is 0.600. The maximum atomic E-state index is 11.9. The average molecular weight is 285 g/mol. The molecular weight excluding hydrogens is 272 g/mol. The van der Waals surface area contributed by atoms with Crippen molar-refractivity contribution in [1.82, 2.24) is 5.32 Å². The first-order valence-corrected chi connectivity index (χ1v) is 5.61. The van der Waals surface area contributed by atoms with Crippen molar-refractivity contribution in [2.75, 3.05) is 13.7 Å². The number of alkyl halides is 2. The van der Waals surface area contributed by atoms with Gasteiger partial charge in [-0.1, -0.05) is 12.1 Å². The number of ether oxygens (including phenoxy) is 2. The zero-order valence-electron chi connectivity index (χ0n) is 10.6. The molecule has 0 aromatic heterocycles. The monoisotopic (exact) mass is 285 g/mol. The summed E-state index contributed by atoms with van der Waals surface area (Å²) in [4.78, 5) is 22.1. The lowest BCUT2D eigenvalue weighted by atomic mass is 10.2. The Morgan fingerprint density at radius 3 is 2.50 bits per heavy atom. The van der Waals surface area contributed by atoms with Gasteiger partial charge in [-0.3, -0.25) is 4.79 Å². The molecule has 5 nitrogen and oxygen atoms in total. The summed E-state index contributed by atoms with van der Waals surface area (Å²) < 4.78 is 32.7. The van der Waals surface area contributed by atoms with Gasteiger partial charge in [0, 0.05) is 13.1 Å². The molecule has 0 radical (unpaired) electrons. The smallest absolute Gasteiger partial charge is 0.387 e. The second kappa shape index (κ2) is 7.88. The molecule has 1 rings (SSSR count). The van der Waals surface area contributed by atoms with Crippen molar-refractivity contribution in [2.45, 2.75) is 6.61 Å². The molecule has 0 saturated heterocycles. The summed E-state index contributed by atoms with van der Waals surface area (Å²) >= 11 is 0. The maximum Gasteiger partial charge on any atom is 0.387 e. The standard InChI is InChI=1S/C13H13F2NO4/c1-16-11(17)8-19-12(18)7-4-9-2-5-10(6-3-9)20-13(14)15/h2-7,13H,8H2,1H3,(H,16,17). The van der Waals surface area contributed by atoms with Gasteiger partial charge in [0.25, 0.3) is 5.91 Å². The molecule has 0 heterocycles. The Balaban J connectivity index is 2.49. The topological polar surface area (TPSA) is 64.6 Å². The third-order valence-electron chi connectivity index (χ3n) is 2.14. The van der Waals surface area contributed by atoms with E-state index in [1.54, 1.807) is 0 Å². The van der Waals surface area contributed by atoms with Crippen LogP contribution in [0.2, 0.25) is 0 Å². The van der Waals surface area contributed by atoms with Crippen LogP contribution < -0.4 is 10.1 Å². The Bertz CT molecular complexity index is 486. The van der Waals surface area contributed by atoms with Gasteiger partial charge in [0.15, 0.2) is 6.61 Å². The van der Waals surface area contributed by atoms with E-state index in [-0.39, 0.29) is 12.4 Å². The van der Waals surface area contributed by atoms with Crippen molar-refractivity contribution >= 4 is 18.0 Å². The zero-order chi connectivity index (χ0) is 15.0. The normalized spacial score (nSPS) is 10.6. The molecule has 20 heavy (non-hydrogen) atoms. The van der Waals surface area contributed by atoms with Gasteiger partial charge in [-0.05, 0) is 23.8 Å². The number of hydrogen-bond donors (Lipinski definition) is 1. The van der Waals surface area contributed by atoms with Crippen LogP contribution in [0.5, 0.6) is 5.75 Å². The van der Waals surface area contributed by atoms with Crippen LogP contribution >= 0.6 is 0 Å². The van der Waals surface area contributed by atoms with Crippen LogP contribution in [0.1, 0.15) is 5.56 Å². The number of rotatable bonds is 6. The van der Waals surface area contributed by atoms with Gasteiger partial charge >= 0.3 is 12.6 Å². The van der Waals surface area contributed by atoms with Crippen LogP contribution in [0.3, 0.4) is 0 Å². The van der Waals surface area contributed by atoms with Crippen molar-refractivity contribution in [2.24, 2.45) is 0 Å². The Morgan fingerprint density at radius 2 is 1.95 bits per heavy atom. The molecular formula is C13H13F2NO4. The molecule has 0 aliphatic rings. The minimum Gasteiger partial charge on any atom is -0.452 e. The van der Waals surface area contributed by atoms with Crippen molar-refractivity contribution in [3.63, 3.8) is 0 Å². The van der Waals surface area contributed by atoms with E-state index in [0.717, 1.165) is 6.08 Å². The van der Waals surface area contributed by atoms with E-state index in [2.05, 4.69) is 14.8 Å². The molecule has 108 valence electrons. The fourth-order valence-electron chi connectivity index (χ4n) is 1.18. The number of amides is 1. The minimum absolute atomic E-state index is 0.0272. The fraction of sp³-hybridized carbons (Fsp3) is 0.231. The van der Waals surface area contributed by atoms with Gasteiger partial charge in [0.1, 0.15) is 5.75 Å². The van der Waals surface area contributed by atoms with Gasteiger partial charge < -0.3 is 14.8 Å². The van der Waals surface area contributed by atoms with Gasteiger partial charge in [-0.15, -0.1) is 0 Å². The quantitative estimate of drug-likeness (QED) is 0.637. The van der Waals surface area contributed by atoms with E-state index < -0.39 is 18.5 Å². The number of carbonyl (C=O) groups is 2. The number of nitrogens with one attached hydrogen (secondary N) is 1. The average Bonchev–Trinajstić information content (AvgIpc) is 2.43. The zero-order valence-corrected chi connectivity index (χ0v) is 10.6. The van der Waals surface area contributed by atoms with Crippen LogP contribution in [0.15, 0.2) is 30.3 Å². The molecule has 0 aliphatic heterocycles. The number of esters is 1. The second-order valence-corrected chi connectivity index (χ2v) is 3.56. The van der Waals surface area contributed by atoms with Crippen molar-refractivity contribution in [1.29, 1.82) is 0 Å². The van der Waals surface area contributed by atoms with E-state index in [0.29, 0.717) is 5.56 Å². The SMILES string of the molecule is CNC(=O)COC(=O)C=Cc1ccc(OC(F)F)cc1. The lowest BCUT2D eigenvalue weighted by Crippen LogP contribution is -2.24. The summed E-state index contributed by atoms with van der Waals surface area (Å²) in [6.07, 6.45) is 2.56. The van der Waals surface area contributed by atoms with Crippen LogP contribution in [0.25, 0.3) is 6.08 Å². The summed E-state index contributed by atoms with van der Waals surface area (Å²) in [5, 5.41) is 2.30. The van der Waals surface area contributed by atoms with Crippen molar-refractivity contribution in [3.05, 3.63) is 35.9 Å². The van der Waals surface area contributed by atoms with E-state index in [1.807, 2.05) is 0 Å². The highest BCUT2D eigenvalue weighted by Gasteiger charge is 2.04. The lowest BCUT2D eigenvalue weighted by molar-refractivity contribution is -0.143. The van der Waals surface area contributed by atoms with Crippen LogP contribution in [-0.2, 0) is 14.3 Å². The Hall–Kier alpha value is -2.44. The fourth-order valence-corrected chi connectivity index (χ4v) is 1.18. The molecule has 0 bridgehead atoms. The Morgan fingerprint density at radius 1 is 1.30 bits per heavy atom. The first kappa shape index (κ1) is 15.6. The number of benzene rings is 1. The molecule has 1 N–H and O–H groups in total. The molecule has 1 aromatic carbocycles. The second-order valence-electron chi connectivity index (χ2n) is 3.56. The van der Waals surface area contributed by atoms with Gasteiger partial charge in [-0.25, -0.2) is 4.79 Å². The van der Waals surface area contributed by atoms with E-state index in [9.17, 15) is 18.4 Å². The van der Waals surface area contributed by atoms with E-state index >= 15 is 0 Å². The predicted octanol–water partition coefficient (Wildman–Crippen LogP) is 1.59. The Kier molecular flexibility index (Phi) is 6.15. The summed E-state index contributed by atoms with van der Waals surface area (Å²) in [7, 11) is 1.43. The van der Waals surface area contributed by atoms with Crippen molar-refractivity contribution in [3.8, 4) is 5.75 Å². The maximum absolute atomic E-state index is 11.9. The van der Waals surface area contributed by atoms with Crippen LogP contribution in [-0.4, -0.2) is 32.1 Å². The summed E-state index contributed by atoms with van der Waals surface area (Å²) in [5.74, 6) is -1.07. The van der Waals surface area contributed by atoms with Gasteiger partial charge in [-0.2, -0.15) is 8.78 Å². The molecule has 1 amide bonds. The molecule has 0 spiro atoms. The largest absolute Gasteiger partial charge is 0.452 e. The molecule has 0 unspecified atom stereocenters. The van der Waals surface area contributed by atoms with Crippen molar-refractivity contribution < 1.29 is 27.8 Å². The molecule has 0 aliphatic carbocycles. The highest BCUT2D eigenvalue weighted by atomic mass is 19.3. The van der Waals surface area contributed by atoms with Gasteiger partial charge in [0.2, 0.25) is 0 Å². The third-order valence-corrected chi connectivity index (χ3v) is 2.14. The number of hydrogen-bond acceptors (Lipinski definition) is 4. The molecule has 0 fully saturated rings. The first-order chi connectivity index (χ1) is 9.51. The molecule has 1 aromatic rings. The Labute approximate surface area is 114 Å². The number of halogens is 2. The molecule has 7 heteroatoms. The first-order valence-electron chi connectivity index (χ1n) is 5.61. The molecule has 0 atom stereocenters. The lowest BCUT2D eigenvalue weighted by Gasteiger charge is -2.03. The highest BCUT2D eigenvalue weighted by molar-refractivity contribution is 5.89.